The predicted octanol–water partition coefficient (Wildman–Crippen LogP) is 5.76. The second-order valence-electron chi connectivity index (χ2n) is 5.93. The molecule has 22 heavy (non-hydrogen) atoms. The van der Waals surface area contributed by atoms with Gasteiger partial charge in [-0.3, -0.25) is 0 Å². The van der Waals surface area contributed by atoms with Crippen LogP contribution in [-0.4, -0.2) is 6.69 Å². The summed E-state index contributed by atoms with van der Waals surface area (Å²) in [5, 5.41) is 0.889. The third kappa shape index (κ3) is 2.81. The highest BCUT2D eigenvalue weighted by atomic mass is 35.7. The second-order valence-corrected chi connectivity index (χ2v) is 12.8. The van der Waals surface area contributed by atoms with Gasteiger partial charge in [0, 0.05) is 5.04 Å². The van der Waals surface area contributed by atoms with E-state index in [0.29, 0.717) is 0 Å². The van der Waals surface area contributed by atoms with Crippen LogP contribution in [-0.2, 0) is 0 Å². The summed E-state index contributed by atoms with van der Waals surface area (Å²) in [7, 11) is 0. The SMILES string of the molecule is CC1([Si](Cl)(Cl)c2cccc(-c3ccccc3)c2)C=CC=CC1. The molecule has 0 amide bonds. The molecule has 0 nitrogen and oxygen atoms in total. The Hall–Kier alpha value is -1.28. The average molecular weight is 345 g/mol. The third-order valence-electron chi connectivity index (χ3n) is 4.30. The van der Waals surface area contributed by atoms with E-state index in [2.05, 4.69) is 67.6 Å². The van der Waals surface area contributed by atoms with E-state index in [9.17, 15) is 0 Å². The van der Waals surface area contributed by atoms with Crippen LogP contribution < -0.4 is 5.19 Å². The van der Waals surface area contributed by atoms with Crippen molar-refractivity contribution in [3.63, 3.8) is 0 Å². The second kappa shape index (κ2) is 6.08. The molecular weight excluding hydrogens is 327 g/mol. The summed E-state index contributed by atoms with van der Waals surface area (Å²) in [6.07, 6.45) is 9.30. The van der Waals surface area contributed by atoms with Crippen molar-refractivity contribution in [1.82, 2.24) is 0 Å². The maximum Gasteiger partial charge on any atom is 0.290 e. The van der Waals surface area contributed by atoms with Crippen LogP contribution in [0.25, 0.3) is 11.1 Å². The Morgan fingerprint density at radius 2 is 1.64 bits per heavy atom. The molecule has 0 fully saturated rings. The number of rotatable bonds is 3. The van der Waals surface area contributed by atoms with E-state index < -0.39 is 6.69 Å². The molecule has 0 heterocycles. The van der Waals surface area contributed by atoms with Crippen LogP contribution in [0.2, 0.25) is 5.04 Å². The highest BCUT2D eigenvalue weighted by Gasteiger charge is 2.48. The average Bonchev–Trinajstić information content (AvgIpc) is 2.56. The van der Waals surface area contributed by atoms with E-state index >= 15 is 0 Å². The van der Waals surface area contributed by atoms with Crippen molar-refractivity contribution in [3.05, 3.63) is 78.9 Å². The molecule has 2 aromatic rings. The molecule has 0 saturated carbocycles. The molecule has 1 atom stereocenters. The summed E-state index contributed by atoms with van der Waals surface area (Å²) in [6, 6.07) is 18.7. The Labute approximate surface area is 142 Å². The summed E-state index contributed by atoms with van der Waals surface area (Å²) in [4.78, 5) is 0. The summed E-state index contributed by atoms with van der Waals surface area (Å²) >= 11 is 13.9. The fraction of sp³-hybridized carbons (Fsp3) is 0.158. The molecule has 0 spiro atoms. The van der Waals surface area contributed by atoms with E-state index in [4.69, 9.17) is 22.2 Å². The van der Waals surface area contributed by atoms with Crippen molar-refractivity contribution in [3.8, 4) is 11.1 Å². The van der Waals surface area contributed by atoms with Crippen molar-refractivity contribution in [2.75, 3.05) is 0 Å². The topological polar surface area (TPSA) is 0 Å². The van der Waals surface area contributed by atoms with Crippen molar-refractivity contribution < 1.29 is 0 Å². The van der Waals surface area contributed by atoms with Gasteiger partial charge in [0.2, 0.25) is 0 Å². The summed E-state index contributed by atoms with van der Waals surface area (Å²) in [6.45, 7) is -0.500. The molecule has 0 N–H and O–H groups in total. The van der Waals surface area contributed by atoms with Crippen molar-refractivity contribution in [1.29, 1.82) is 0 Å². The van der Waals surface area contributed by atoms with Gasteiger partial charge in [-0.2, -0.15) is 0 Å². The van der Waals surface area contributed by atoms with E-state index in [0.717, 1.165) is 17.2 Å². The molecule has 3 heteroatoms. The summed E-state index contributed by atoms with van der Waals surface area (Å²) in [5.74, 6) is 0. The molecule has 2 aromatic carbocycles. The van der Waals surface area contributed by atoms with Gasteiger partial charge in [-0.05, 0) is 22.7 Å². The first kappa shape index (κ1) is 15.6. The van der Waals surface area contributed by atoms with Crippen LogP contribution in [0.1, 0.15) is 13.3 Å². The Morgan fingerprint density at radius 3 is 2.32 bits per heavy atom. The van der Waals surface area contributed by atoms with Crippen molar-refractivity contribution in [2.45, 2.75) is 18.4 Å². The van der Waals surface area contributed by atoms with Gasteiger partial charge in [0.25, 0.3) is 6.69 Å². The first-order chi connectivity index (χ1) is 10.5. The molecule has 0 aliphatic heterocycles. The van der Waals surface area contributed by atoms with Crippen LogP contribution in [0.3, 0.4) is 0 Å². The van der Waals surface area contributed by atoms with Crippen LogP contribution in [0.4, 0.5) is 0 Å². The Kier molecular flexibility index (Phi) is 4.31. The first-order valence-corrected chi connectivity index (χ1v) is 11.4. The minimum atomic E-state index is -2.66. The zero-order valence-electron chi connectivity index (χ0n) is 12.5. The number of hydrogen-bond acceptors (Lipinski definition) is 0. The number of benzene rings is 2. The van der Waals surface area contributed by atoms with Crippen LogP contribution in [0.5, 0.6) is 0 Å². The van der Waals surface area contributed by atoms with Crippen molar-refractivity contribution >= 4 is 34.0 Å². The van der Waals surface area contributed by atoms with Gasteiger partial charge >= 0.3 is 0 Å². The van der Waals surface area contributed by atoms with Gasteiger partial charge in [-0.25, -0.2) is 0 Å². The number of halogens is 2. The van der Waals surface area contributed by atoms with Crippen molar-refractivity contribution in [2.24, 2.45) is 0 Å². The highest BCUT2D eigenvalue weighted by molar-refractivity contribution is 7.52. The lowest BCUT2D eigenvalue weighted by Gasteiger charge is -2.37. The maximum atomic E-state index is 6.96. The smallest absolute Gasteiger partial charge is 0.139 e. The molecule has 0 aromatic heterocycles. The van der Waals surface area contributed by atoms with Gasteiger partial charge in [-0.15, -0.1) is 22.2 Å². The van der Waals surface area contributed by atoms with Gasteiger partial charge in [0.15, 0.2) is 0 Å². The van der Waals surface area contributed by atoms with E-state index in [1.54, 1.807) is 0 Å². The first-order valence-electron chi connectivity index (χ1n) is 7.41. The van der Waals surface area contributed by atoms with E-state index in [-0.39, 0.29) is 5.04 Å². The molecule has 1 aliphatic rings. The molecule has 1 unspecified atom stereocenters. The maximum absolute atomic E-state index is 6.96. The quantitative estimate of drug-likeness (QED) is 0.490. The fourth-order valence-electron chi connectivity index (χ4n) is 2.81. The lowest BCUT2D eigenvalue weighted by atomic mass is 10.0. The summed E-state index contributed by atoms with van der Waals surface area (Å²) < 4.78 is 0. The minimum Gasteiger partial charge on any atom is -0.139 e. The van der Waals surface area contributed by atoms with Crippen LogP contribution in [0.15, 0.2) is 78.9 Å². The molecule has 0 saturated heterocycles. The molecule has 0 bridgehead atoms. The van der Waals surface area contributed by atoms with Crippen LogP contribution in [0, 0.1) is 0 Å². The van der Waals surface area contributed by atoms with E-state index in [1.165, 1.54) is 5.56 Å². The normalized spacial score (nSPS) is 21.0. The molecular formula is C19H18Cl2Si. The monoisotopic (exact) mass is 344 g/mol. The van der Waals surface area contributed by atoms with Gasteiger partial charge in [0.05, 0.1) is 0 Å². The number of allylic oxidation sites excluding steroid dienone is 4. The Bertz CT molecular complexity index is 719. The Morgan fingerprint density at radius 1 is 0.909 bits per heavy atom. The van der Waals surface area contributed by atoms with Gasteiger partial charge in [-0.1, -0.05) is 85.8 Å². The highest BCUT2D eigenvalue weighted by Crippen LogP contribution is 2.48. The Balaban J connectivity index is 2.01. The van der Waals surface area contributed by atoms with Crippen LogP contribution >= 0.6 is 22.2 Å². The molecule has 0 radical (unpaired) electrons. The zero-order valence-corrected chi connectivity index (χ0v) is 15.0. The molecule has 112 valence electrons. The lowest BCUT2D eigenvalue weighted by Crippen LogP contribution is -2.47. The minimum absolute atomic E-state index is 0.180. The molecule has 1 aliphatic carbocycles. The largest absolute Gasteiger partial charge is 0.290 e. The van der Waals surface area contributed by atoms with Gasteiger partial charge < -0.3 is 0 Å². The lowest BCUT2D eigenvalue weighted by molar-refractivity contribution is 0.748. The van der Waals surface area contributed by atoms with Gasteiger partial charge in [0.1, 0.15) is 0 Å². The summed E-state index contributed by atoms with van der Waals surface area (Å²) in [5.41, 5.74) is 2.35. The standard InChI is InChI=1S/C19H18Cl2Si/c1-19(13-6-3-7-14-19)22(20,21)18-12-8-11-17(15-18)16-9-4-2-5-10-16/h2-13,15H,14H2,1H3. The fourth-order valence-corrected chi connectivity index (χ4v) is 6.34. The van der Waals surface area contributed by atoms with E-state index in [1.807, 2.05) is 18.2 Å². The number of hydrogen-bond donors (Lipinski definition) is 0. The predicted molar refractivity (Wildman–Crippen MR) is 100 cm³/mol. The molecule has 3 rings (SSSR count). The third-order valence-corrected chi connectivity index (χ3v) is 11.0. The zero-order chi connectivity index (χ0) is 15.6.